The predicted octanol–water partition coefficient (Wildman–Crippen LogP) is 6.05. The number of hydrogen-bond donors (Lipinski definition) is 2. The normalized spacial score (nSPS) is 14.5. The van der Waals surface area contributed by atoms with Gasteiger partial charge in [0.05, 0.1) is 17.2 Å². The van der Waals surface area contributed by atoms with Gasteiger partial charge in [0, 0.05) is 30.0 Å². The van der Waals surface area contributed by atoms with Crippen molar-refractivity contribution < 1.29 is 22.8 Å². The second-order valence-corrected chi connectivity index (χ2v) is 8.56. The van der Waals surface area contributed by atoms with Gasteiger partial charge in [0.1, 0.15) is 0 Å². The average molecular weight is 482 g/mol. The van der Waals surface area contributed by atoms with Crippen LogP contribution < -0.4 is 15.5 Å². The predicted molar refractivity (Wildman–Crippen MR) is 130 cm³/mol. The van der Waals surface area contributed by atoms with Gasteiger partial charge in [-0.3, -0.25) is 9.59 Å². The molecule has 1 heterocycles. The fourth-order valence-corrected chi connectivity index (χ4v) is 4.17. The third kappa shape index (κ3) is 5.82. The van der Waals surface area contributed by atoms with Gasteiger partial charge < -0.3 is 15.5 Å². The van der Waals surface area contributed by atoms with Gasteiger partial charge in [-0.1, -0.05) is 36.4 Å². The first-order chi connectivity index (χ1) is 16.7. The molecule has 0 radical (unpaired) electrons. The molecule has 0 aromatic heterocycles. The quantitative estimate of drug-likeness (QED) is 0.451. The molecule has 1 unspecified atom stereocenters. The maximum absolute atomic E-state index is 13.3. The van der Waals surface area contributed by atoms with E-state index in [2.05, 4.69) is 15.5 Å². The smallest absolute Gasteiger partial charge is 0.371 e. The van der Waals surface area contributed by atoms with Crippen molar-refractivity contribution in [2.24, 2.45) is 0 Å². The van der Waals surface area contributed by atoms with Gasteiger partial charge in [-0.2, -0.15) is 13.2 Å². The average Bonchev–Trinajstić information content (AvgIpc) is 3.39. The van der Waals surface area contributed by atoms with Crippen LogP contribution in [0, 0.1) is 0 Å². The molecule has 4 rings (SSSR count). The molecule has 2 amide bonds. The Morgan fingerprint density at radius 2 is 1.60 bits per heavy atom. The Balaban J connectivity index is 1.59. The van der Waals surface area contributed by atoms with Gasteiger partial charge in [0.15, 0.2) is 0 Å². The summed E-state index contributed by atoms with van der Waals surface area (Å²) in [6.45, 7) is 3.54. The maximum Gasteiger partial charge on any atom is 0.416 e. The number of alkyl halides is 3. The molecule has 1 fully saturated rings. The minimum Gasteiger partial charge on any atom is -0.371 e. The van der Waals surface area contributed by atoms with Gasteiger partial charge >= 0.3 is 6.18 Å². The van der Waals surface area contributed by atoms with Crippen molar-refractivity contribution >= 4 is 23.2 Å². The van der Waals surface area contributed by atoms with Gasteiger partial charge in [-0.25, -0.2) is 0 Å². The molecule has 0 aliphatic carbocycles. The first-order valence-electron chi connectivity index (χ1n) is 11.5. The minimum absolute atomic E-state index is 0.118. The second-order valence-electron chi connectivity index (χ2n) is 8.56. The number of nitrogens with zero attached hydrogens (tertiary/aromatic N) is 1. The van der Waals surface area contributed by atoms with E-state index in [1.165, 1.54) is 12.1 Å². The Kier molecular flexibility index (Phi) is 7.10. The monoisotopic (exact) mass is 481 g/mol. The lowest BCUT2D eigenvalue weighted by Crippen LogP contribution is -2.29. The van der Waals surface area contributed by atoms with E-state index in [1.54, 1.807) is 18.2 Å². The van der Waals surface area contributed by atoms with Crippen molar-refractivity contribution in [3.8, 4) is 0 Å². The highest BCUT2D eigenvalue weighted by Crippen LogP contribution is 2.31. The van der Waals surface area contributed by atoms with E-state index in [-0.39, 0.29) is 17.5 Å². The number of rotatable bonds is 6. The van der Waals surface area contributed by atoms with Crippen molar-refractivity contribution in [1.29, 1.82) is 0 Å². The largest absolute Gasteiger partial charge is 0.416 e. The van der Waals surface area contributed by atoms with Crippen LogP contribution >= 0.6 is 0 Å². The van der Waals surface area contributed by atoms with Crippen LogP contribution in [0.15, 0.2) is 72.8 Å². The van der Waals surface area contributed by atoms with Crippen molar-refractivity contribution in [1.82, 2.24) is 5.32 Å². The SMILES string of the molecule is CC(NC(=O)c1cc(NC(=O)c2cccc(C(F)(F)F)c2)ccc1N1CCCC1)c1ccccc1. The van der Waals surface area contributed by atoms with Crippen LogP contribution in [0.3, 0.4) is 0 Å². The van der Waals surface area contributed by atoms with Crippen molar-refractivity contribution in [2.45, 2.75) is 32.0 Å². The van der Waals surface area contributed by atoms with Crippen molar-refractivity contribution in [3.05, 3.63) is 95.1 Å². The molecule has 8 heteroatoms. The highest BCUT2D eigenvalue weighted by Gasteiger charge is 2.31. The fourth-order valence-electron chi connectivity index (χ4n) is 4.17. The van der Waals surface area contributed by atoms with Crippen LogP contribution in [0.2, 0.25) is 0 Å². The molecular weight excluding hydrogens is 455 g/mol. The van der Waals surface area contributed by atoms with E-state index < -0.39 is 17.6 Å². The summed E-state index contributed by atoms with van der Waals surface area (Å²) < 4.78 is 39.1. The van der Waals surface area contributed by atoms with Crippen LogP contribution in [0.1, 0.15) is 57.7 Å². The van der Waals surface area contributed by atoms with E-state index in [4.69, 9.17) is 0 Å². The lowest BCUT2D eigenvalue weighted by molar-refractivity contribution is -0.137. The molecule has 3 aromatic rings. The van der Waals surface area contributed by atoms with Gasteiger partial charge in [-0.05, 0) is 61.7 Å². The number of anilines is 2. The summed E-state index contributed by atoms with van der Waals surface area (Å²) in [6, 6.07) is 18.6. The number of nitrogens with one attached hydrogen (secondary N) is 2. The summed E-state index contributed by atoms with van der Waals surface area (Å²) in [6.07, 6.45) is -2.50. The summed E-state index contributed by atoms with van der Waals surface area (Å²) in [5.74, 6) is -0.979. The van der Waals surface area contributed by atoms with Gasteiger partial charge in [0.2, 0.25) is 0 Å². The molecule has 1 aliphatic heterocycles. The molecule has 1 aliphatic rings. The van der Waals surface area contributed by atoms with E-state index in [1.807, 2.05) is 37.3 Å². The van der Waals surface area contributed by atoms with E-state index in [0.717, 1.165) is 49.3 Å². The first-order valence-corrected chi connectivity index (χ1v) is 11.5. The Morgan fingerprint density at radius 3 is 2.29 bits per heavy atom. The van der Waals surface area contributed by atoms with Gasteiger partial charge in [0.25, 0.3) is 11.8 Å². The third-order valence-corrected chi connectivity index (χ3v) is 6.05. The Morgan fingerprint density at radius 1 is 0.886 bits per heavy atom. The first kappa shape index (κ1) is 24.3. The molecule has 3 aromatic carbocycles. The molecule has 182 valence electrons. The molecule has 35 heavy (non-hydrogen) atoms. The summed E-state index contributed by atoms with van der Waals surface area (Å²) >= 11 is 0. The second kappa shape index (κ2) is 10.2. The zero-order chi connectivity index (χ0) is 25.0. The summed E-state index contributed by atoms with van der Waals surface area (Å²) in [7, 11) is 0. The minimum atomic E-state index is -4.55. The lowest BCUT2D eigenvalue weighted by atomic mass is 10.1. The molecule has 0 bridgehead atoms. The van der Waals surface area contributed by atoms with Crippen LogP contribution in [0.5, 0.6) is 0 Å². The lowest BCUT2D eigenvalue weighted by Gasteiger charge is -2.23. The Labute approximate surface area is 202 Å². The molecule has 0 spiro atoms. The standard InChI is InChI=1S/C27H26F3N3O2/c1-18(19-8-3-2-4-9-19)31-26(35)23-17-22(12-13-24(23)33-14-5-6-15-33)32-25(34)20-10-7-11-21(16-20)27(28,29)30/h2-4,7-13,16-18H,5-6,14-15H2,1H3,(H,31,35)(H,32,34). The topological polar surface area (TPSA) is 61.4 Å². The van der Waals surface area contributed by atoms with Crippen LogP contribution in [-0.2, 0) is 6.18 Å². The Hall–Kier alpha value is -3.81. The summed E-state index contributed by atoms with van der Waals surface area (Å²) in [5, 5.41) is 5.64. The molecule has 0 saturated carbocycles. The number of halogens is 3. The zero-order valence-electron chi connectivity index (χ0n) is 19.2. The number of benzene rings is 3. The molecule has 1 saturated heterocycles. The van der Waals surface area contributed by atoms with E-state index in [0.29, 0.717) is 11.3 Å². The van der Waals surface area contributed by atoms with Gasteiger partial charge in [-0.15, -0.1) is 0 Å². The highest BCUT2D eigenvalue weighted by molar-refractivity contribution is 6.06. The van der Waals surface area contributed by atoms with E-state index >= 15 is 0 Å². The van der Waals surface area contributed by atoms with Crippen molar-refractivity contribution in [2.75, 3.05) is 23.3 Å². The zero-order valence-corrected chi connectivity index (χ0v) is 19.2. The molecule has 1 atom stereocenters. The summed E-state index contributed by atoms with van der Waals surface area (Å²) in [4.78, 5) is 28.1. The molecule has 2 N–H and O–H groups in total. The molecule has 5 nitrogen and oxygen atoms in total. The third-order valence-electron chi connectivity index (χ3n) is 6.05. The van der Waals surface area contributed by atoms with E-state index in [9.17, 15) is 22.8 Å². The molecular formula is C27H26F3N3O2. The Bertz CT molecular complexity index is 1210. The number of amides is 2. The van der Waals surface area contributed by atoms with Crippen LogP contribution in [-0.4, -0.2) is 24.9 Å². The fraction of sp³-hybridized carbons (Fsp3) is 0.259. The summed E-state index contributed by atoms with van der Waals surface area (Å²) in [5.41, 5.74) is 1.43. The number of carbonyl (C=O) groups excluding carboxylic acids is 2. The van der Waals surface area contributed by atoms with Crippen LogP contribution in [0.25, 0.3) is 0 Å². The van der Waals surface area contributed by atoms with Crippen LogP contribution in [0.4, 0.5) is 24.5 Å². The maximum atomic E-state index is 13.3. The highest BCUT2D eigenvalue weighted by atomic mass is 19.4. The number of hydrogen-bond acceptors (Lipinski definition) is 3. The number of carbonyl (C=O) groups is 2. The van der Waals surface area contributed by atoms with Crippen molar-refractivity contribution in [3.63, 3.8) is 0 Å².